The third-order valence-electron chi connectivity index (χ3n) is 5.44. The number of anilines is 1. The van der Waals surface area contributed by atoms with Crippen LogP contribution in [-0.2, 0) is 6.54 Å². The van der Waals surface area contributed by atoms with Crippen molar-refractivity contribution in [3.05, 3.63) is 82.2 Å². The Bertz CT molecular complexity index is 1100. The number of hydrogen-bond donors (Lipinski definition) is 2. The van der Waals surface area contributed by atoms with Gasteiger partial charge in [-0.15, -0.1) is 0 Å². The summed E-state index contributed by atoms with van der Waals surface area (Å²) in [5, 5.41) is 10.5. The van der Waals surface area contributed by atoms with E-state index in [2.05, 4.69) is 15.7 Å². The molecule has 0 unspecified atom stereocenters. The smallest absolute Gasteiger partial charge is 0.259 e. The average molecular weight is 402 g/mol. The number of carbonyl (C=O) groups is 2. The van der Waals surface area contributed by atoms with Crippen LogP contribution in [0.4, 0.5) is 5.69 Å². The van der Waals surface area contributed by atoms with Crippen molar-refractivity contribution in [2.75, 3.05) is 5.32 Å². The SMILES string of the molecule is Cc1ccc(C(=O)NC2CC2)cc1NC(=O)c1c(C)nn(Cc2ccccc2)c1C. The lowest BCUT2D eigenvalue weighted by molar-refractivity contribution is 0.0949. The molecule has 2 amide bonds. The van der Waals surface area contributed by atoms with Crippen molar-refractivity contribution in [1.29, 1.82) is 0 Å². The monoisotopic (exact) mass is 402 g/mol. The van der Waals surface area contributed by atoms with Crippen LogP contribution >= 0.6 is 0 Å². The molecule has 0 bridgehead atoms. The molecule has 0 spiro atoms. The molecule has 30 heavy (non-hydrogen) atoms. The lowest BCUT2D eigenvalue weighted by Gasteiger charge is -2.11. The van der Waals surface area contributed by atoms with Gasteiger partial charge in [-0.25, -0.2) is 0 Å². The van der Waals surface area contributed by atoms with Crippen molar-refractivity contribution in [1.82, 2.24) is 15.1 Å². The van der Waals surface area contributed by atoms with Gasteiger partial charge < -0.3 is 10.6 Å². The zero-order valence-electron chi connectivity index (χ0n) is 17.5. The predicted octanol–water partition coefficient (Wildman–Crippen LogP) is 4.00. The van der Waals surface area contributed by atoms with Gasteiger partial charge in [0.05, 0.1) is 17.8 Å². The third-order valence-corrected chi connectivity index (χ3v) is 5.44. The first-order valence-electron chi connectivity index (χ1n) is 10.2. The molecule has 6 heteroatoms. The molecule has 2 N–H and O–H groups in total. The largest absolute Gasteiger partial charge is 0.349 e. The van der Waals surface area contributed by atoms with E-state index in [0.717, 1.165) is 29.7 Å². The fourth-order valence-corrected chi connectivity index (χ4v) is 3.51. The molecule has 3 aromatic rings. The lowest BCUT2D eigenvalue weighted by Crippen LogP contribution is -2.25. The van der Waals surface area contributed by atoms with Crippen LogP contribution in [0, 0.1) is 20.8 Å². The van der Waals surface area contributed by atoms with Crippen LogP contribution in [0.25, 0.3) is 0 Å². The number of aromatic nitrogens is 2. The van der Waals surface area contributed by atoms with E-state index in [9.17, 15) is 9.59 Å². The first kappa shape index (κ1) is 19.9. The summed E-state index contributed by atoms with van der Waals surface area (Å²) in [5.74, 6) is -0.316. The van der Waals surface area contributed by atoms with Crippen molar-refractivity contribution in [3.8, 4) is 0 Å². The van der Waals surface area contributed by atoms with Crippen LogP contribution in [-0.4, -0.2) is 27.6 Å². The van der Waals surface area contributed by atoms with Gasteiger partial charge in [0.25, 0.3) is 11.8 Å². The van der Waals surface area contributed by atoms with Crippen LogP contribution in [0.1, 0.15) is 56.1 Å². The Morgan fingerprint density at radius 1 is 1.03 bits per heavy atom. The molecule has 1 saturated carbocycles. The zero-order chi connectivity index (χ0) is 21.3. The first-order valence-corrected chi connectivity index (χ1v) is 10.2. The molecule has 0 atom stereocenters. The predicted molar refractivity (Wildman–Crippen MR) is 117 cm³/mol. The van der Waals surface area contributed by atoms with E-state index in [-0.39, 0.29) is 17.9 Å². The number of hydrogen-bond acceptors (Lipinski definition) is 3. The Morgan fingerprint density at radius 3 is 2.47 bits per heavy atom. The average Bonchev–Trinajstić information content (AvgIpc) is 3.49. The van der Waals surface area contributed by atoms with Gasteiger partial charge in [0, 0.05) is 23.0 Å². The molecular weight excluding hydrogens is 376 g/mol. The van der Waals surface area contributed by atoms with E-state index >= 15 is 0 Å². The van der Waals surface area contributed by atoms with Gasteiger partial charge in [-0.05, 0) is 56.9 Å². The highest BCUT2D eigenvalue weighted by molar-refractivity contribution is 6.07. The van der Waals surface area contributed by atoms with Crippen LogP contribution in [0.2, 0.25) is 0 Å². The summed E-state index contributed by atoms with van der Waals surface area (Å²) in [6.07, 6.45) is 2.07. The van der Waals surface area contributed by atoms with Crippen molar-refractivity contribution >= 4 is 17.5 Å². The molecule has 1 aliphatic rings. The zero-order valence-corrected chi connectivity index (χ0v) is 17.5. The highest BCUT2D eigenvalue weighted by Crippen LogP contribution is 2.23. The summed E-state index contributed by atoms with van der Waals surface area (Å²) in [7, 11) is 0. The Balaban J connectivity index is 1.54. The van der Waals surface area contributed by atoms with E-state index in [4.69, 9.17) is 0 Å². The Morgan fingerprint density at radius 2 is 1.77 bits per heavy atom. The minimum absolute atomic E-state index is 0.101. The molecule has 1 aliphatic carbocycles. The molecule has 0 radical (unpaired) electrons. The topological polar surface area (TPSA) is 76.0 Å². The van der Waals surface area contributed by atoms with Crippen LogP contribution in [0.5, 0.6) is 0 Å². The van der Waals surface area contributed by atoms with Gasteiger partial charge in [-0.3, -0.25) is 14.3 Å². The van der Waals surface area contributed by atoms with E-state index in [0.29, 0.717) is 29.1 Å². The Labute approximate surface area is 176 Å². The highest BCUT2D eigenvalue weighted by atomic mass is 16.2. The van der Waals surface area contributed by atoms with Gasteiger partial charge in [0.2, 0.25) is 0 Å². The van der Waals surface area contributed by atoms with Gasteiger partial charge in [-0.1, -0.05) is 36.4 Å². The van der Waals surface area contributed by atoms with E-state index in [1.807, 2.05) is 61.9 Å². The summed E-state index contributed by atoms with van der Waals surface area (Å²) in [5.41, 5.74) is 5.28. The van der Waals surface area contributed by atoms with Crippen molar-refractivity contribution in [3.63, 3.8) is 0 Å². The van der Waals surface area contributed by atoms with Crippen molar-refractivity contribution in [2.24, 2.45) is 0 Å². The maximum Gasteiger partial charge on any atom is 0.259 e. The molecule has 154 valence electrons. The highest BCUT2D eigenvalue weighted by Gasteiger charge is 2.24. The minimum Gasteiger partial charge on any atom is -0.349 e. The molecule has 0 saturated heterocycles. The molecular formula is C24H26N4O2. The molecule has 1 fully saturated rings. The van der Waals surface area contributed by atoms with Crippen molar-refractivity contribution < 1.29 is 9.59 Å². The second-order valence-corrected chi connectivity index (χ2v) is 7.92. The Kier molecular flexibility index (Phi) is 5.40. The minimum atomic E-state index is -0.216. The van der Waals surface area contributed by atoms with E-state index in [1.54, 1.807) is 12.1 Å². The van der Waals surface area contributed by atoms with Gasteiger partial charge in [0.1, 0.15) is 0 Å². The van der Waals surface area contributed by atoms with Crippen LogP contribution in [0.3, 0.4) is 0 Å². The summed E-state index contributed by atoms with van der Waals surface area (Å²) in [6.45, 7) is 6.27. The molecule has 0 aliphatic heterocycles. The summed E-state index contributed by atoms with van der Waals surface area (Å²) >= 11 is 0. The fourth-order valence-electron chi connectivity index (χ4n) is 3.51. The van der Waals surface area contributed by atoms with Gasteiger partial charge in [0.15, 0.2) is 0 Å². The second-order valence-electron chi connectivity index (χ2n) is 7.92. The lowest BCUT2D eigenvalue weighted by atomic mass is 10.1. The van der Waals surface area contributed by atoms with Crippen molar-refractivity contribution in [2.45, 2.75) is 46.2 Å². The number of aryl methyl sites for hydroxylation is 2. The maximum absolute atomic E-state index is 13.1. The summed E-state index contributed by atoms with van der Waals surface area (Å²) in [6, 6.07) is 15.7. The molecule has 1 aromatic heterocycles. The fraction of sp³-hybridized carbons (Fsp3) is 0.292. The normalized spacial score (nSPS) is 13.2. The van der Waals surface area contributed by atoms with Crippen LogP contribution < -0.4 is 10.6 Å². The number of nitrogens with zero attached hydrogens (tertiary/aromatic N) is 2. The van der Waals surface area contributed by atoms with Gasteiger partial charge in [-0.2, -0.15) is 5.10 Å². The standard InChI is InChI=1S/C24H26N4O2/c1-15-9-10-19(23(29)25-20-11-12-20)13-21(15)26-24(30)22-16(2)27-28(17(22)3)14-18-7-5-4-6-8-18/h4-10,13,20H,11-12,14H2,1-3H3,(H,25,29)(H,26,30). The number of nitrogens with one attached hydrogen (secondary N) is 2. The van der Waals surface area contributed by atoms with Gasteiger partial charge >= 0.3 is 0 Å². The second kappa shape index (κ2) is 8.14. The molecule has 1 heterocycles. The quantitative estimate of drug-likeness (QED) is 0.654. The number of benzene rings is 2. The number of carbonyl (C=O) groups excluding carboxylic acids is 2. The van der Waals surface area contributed by atoms with E-state index in [1.165, 1.54) is 0 Å². The van der Waals surface area contributed by atoms with E-state index < -0.39 is 0 Å². The first-order chi connectivity index (χ1) is 14.4. The number of amides is 2. The Hall–Kier alpha value is -3.41. The third kappa shape index (κ3) is 4.27. The molecule has 4 rings (SSSR count). The molecule has 6 nitrogen and oxygen atoms in total. The summed E-state index contributed by atoms with van der Waals surface area (Å²) in [4.78, 5) is 25.4. The van der Waals surface area contributed by atoms with Crippen LogP contribution in [0.15, 0.2) is 48.5 Å². The number of rotatable bonds is 6. The molecule has 2 aromatic carbocycles. The summed E-state index contributed by atoms with van der Waals surface area (Å²) < 4.78 is 1.85. The maximum atomic E-state index is 13.1.